The van der Waals surface area contributed by atoms with E-state index < -0.39 is 26.9 Å². The first-order chi connectivity index (χ1) is 15.3. The Hall–Kier alpha value is -3.45. The topological polar surface area (TPSA) is 83.6 Å². The van der Waals surface area contributed by atoms with Gasteiger partial charge in [0.05, 0.1) is 15.8 Å². The maximum Gasteiger partial charge on any atom is 0.244 e. The molecule has 1 heterocycles. The molecule has 0 spiro atoms. The lowest BCUT2D eigenvalue weighted by molar-refractivity contribution is -0.121. The summed E-state index contributed by atoms with van der Waals surface area (Å²) < 4.78 is 27.0. The van der Waals surface area contributed by atoms with Crippen molar-refractivity contribution >= 4 is 33.0 Å². The second kappa shape index (κ2) is 8.59. The van der Waals surface area contributed by atoms with E-state index in [2.05, 4.69) is 5.32 Å². The number of rotatable bonds is 4. The Morgan fingerprint density at radius 3 is 2.28 bits per heavy atom. The largest absolute Gasteiger partial charge is 0.325 e. The van der Waals surface area contributed by atoms with E-state index in [1.54, 1.807) is 48.5 Å². The fourth-order valence-electron chi connectivity index (χ4n) is 4.12. The quantitative estimate of drug-likeness (QED) is 0.649. The van der Waals surface area contributed by atoms with E-state index in [0.717, 1.165) is 11.1 Å². The molecule has 1 atom stereocenters. The average molecular weight is 449 g/mol. The van der Waals surface area contributed by atoms with Crippen molar-refractivity contribution in [2.24, 2.45) is 0 Å². The fourth-order valence-corrected chi connectivity index (χ4v) is 6.04. The Labute approximate surface area is 187 Å². The Bertz CT molecular complexity index is 1270. The first-order valence-corrected chi connectivity index (χ1v) is 11.9. The number of anilines is 2. The van der Waals surface area contributed by atoms with Crippen LogP contribution >= 0.6 is 0 Å². The highest BCUT2D eigenvalue weighted by Gasteiger charge is 2.39. The molecule has 0 fully saturated rings. The molecule has 0 saturated heterocycles. The van der Waals surface area contributed by atoms with Gasteiger partial charge in [0.25, 0.3) is 0 Å². The number of fused-ring (bicyclic) bond motifs is 1. The minimum absolute atomic E-state index is 0.0545. The van der Waals surface area contributed by atoms with Gasteiger partial charge in [-0.25, -0.2) is 8.42 Å². The van der Waals surface area contributed by atoms with Crippen molar-refractivity contribution in [2.45, 2.75) is 30.4 Å². The van der Waals surface area contributed by atoms with Gasteiger partial charge in [-0.2, -0.15) is 0 Å². The third kappa shape index (κ3) is 4.29. The zero-order chi connectivity index (χ0) is 22.9. The molecular formula is C25H24N2O4S. The Morgan fingerprint density at radius 2 is 1.59 bits per heavy atom. The van der Waals surface area contributed by atoms with Crippen LogP contribution < -0.4 is 10.2 Å². The zero-order valence-electron chi connectivity index (χ0n) is 17.9. The van der Waals surface area contributed by atoms with Gasteiger partial charge in [0, 0.05) is 12.1 Å². The summed E-state index contributed by atoms with van der Waals surface area (Å²) in [6, 6.07) is 20.8. The molecule has 3 aromatic rings. The summed E-state index contributed by atoms with van der Waals surface area (Å²) >= 11 is 0. The number of nitrogens with one attached hydrogen (secondary N) is 1. The first-order valence-electron chi connectivity index (χ1n) is 10.3. The number of amides is 2. The van der Waals surface area contributed by atoms with E-state index in [4.69, 9.17) is 0 Å². The summed E-state index contributed by atoms with van der Waals surface area (Å²) in [7, 11) is -3.84. The number of aryl methyl sites for hydroxylation is 2. The highest BCUT2D eigenvalue weighted by Crippen LogP contribution is 2.40. The highest BCUT2D eigenvalue weighted by molar-refractivity contribution is 7.92. The van der Waals surface area contributed by atoms with Crippen molar-refractivity contribution in [2.75, 3.05) is 16.8 Å². The van der Waals surface area contributed by atoms with Crippen LogP contribution in [0.25, 0.3) is 0 Å². The molecule has 0 saturated carbocycles. The number of carbonyl (C=O) groups is 2. The third-order valence-corrected chi connectivity index (χ3v) is 7.62. The summed E-state index contributed by atoms with van der Waals surface area (Å²) in [6.07, 6.45) is -0.238. The average Bonchev–Trinajstić information content (AvgIpc) is 2.82. The van der Waals surface area contributed by atoms with Crippen LogP contribution in [0.1, 0.15) is 28.4 Å². The smallest absolute Gasteiger partial charge is 0.244 e. The predicted molar refractivity (Wildman–Crippen MR) is 124 cm³/mol. The van der Waals surface area contributed by atoms with E-state index in [1.807, 2.05) is 32.0 Å². The molecule has 4 rings (SSSR count). The number of hydrogen-bond donors (Lipinski definition) is 1. The molecule has 7 heteroatoms. The van der Waals surface area contributed by atoms with Gasteiger partial charge >= 0.3 is 0 Å². The lowest BCUT2D eigenvalue weighted by Gasteiger charge is -2.22. The van der Waals surface area contributed by atoms with Crippen molar-refractivity contribution in [3.05, 3.63) is 89.5 Å². The van der Waals surface area contributed by atoms with Gasteiger partial charge in [-0.3, -0.25) is 9.59 Å². The number of para-hydroxylation sites is 1. The fraction of sp³-hybridized carbons (Fsp3) is 0.200. The molecule has 3 aromatic carbocycles. The van der Waals surface area contributed by atoms with Crippen LogP contribution in [0.4, 0.5) is 11.4 Å². The minimum Gasteiger partial charge on any atom is -0.325 e. The van der Waals surface area contributed by atoms with Gasteiger partial charge in [0.15, 0.2) is 9.84 Å². The lowest BCUT2D eigenvalue weighted by atomic mass is 10.1. The number of sulfone groups is 1. The van der Waals surface area contributed by atoms with Crippen LogP contribution in [0.2, 0.25) is 0 Å². The second-order valence-electron chi connectivity index (χ2n) is 8.02. The molecule has 32 heavy (non-hydrogen) atoms. The normalized spacial score (nSPS) is 17.4. The van der Waals surface area contributed by atoms with Gasteiger partial charge in [0.1, 0.15) is 6.54 Å². The summed E-state index contributed by atoms with van der Waals surface area (Å²) in [5.74, 6) is -0.809. The maximum absolute atomic E-state index is 13.5. The molecule has 0 aromatic heterocycles. The second-order valence-corrected chi connectivity index (χ2v) is 10.1. The SMILES string of the molecule is Cc1cc(C)cc(NC(=O)CN2C(=O)CC(c3ccccc3)S(=O)(=O)c3ccccc32)c1. The van der Waals surface area contributed by atoms with Gasteiger partial charge in [0.2, 0.25) is 11.8 Å². The Kier molecular flexibility index (Phi) is 5.84. The summed E-state index contributed by atoms with van der Waals surface area (Å²) in [4.78, 5) is 27.4. The highest BCUT2D eigenvalue weighted by atomic mass is 32.2. The van der Waals surface area contributed by atoms with Gasteiger partial charge in [-0.05, 0) is 54.8 Å². The first kappa shape index (κ1) is 21.8. The van der Waals surface area contributed by atoms with Crippen LogP contribution in [0, 0.1) is 13.8 Å². The van der Waals surface area contributed by atoms with Gasteiger partial charge in [-0.15, -0.1) is 0 Å². The van der Waals surface area contributed by atoms with Crippen molar-refractivity contribution in [3.63, 3.8) is 0 Å². The zero-order valence-corrected chi connectivity index (χ0v) is 18.7. The standard InChI is InChI=1S/C25H24N2O4S/c1-17-12-18(2)14-20(13-17)26-24(28)16-27-21-10-6-7-11-22(21)32(30,31)23(15-25(27)29)19-8-4-3-5-9-19/h3-14,23H,15-16H2,1-2H3,(H,26,28). The number of hydrogen-bond acceptors (Lipinski definition) is 4. The predicted octanol–water partition coefficient (Wildman–Crippen LogP) is 4.19. The Morgan fingerprint density at radius 1 is 0.969 bits per heavy atom. The minimum atomic E-state index is -3.84. The van der Waals surface area contributed by atoms with E-state index in [-0.39, 0.29) is 23.5 Å². The molecule has 1 N–H and O–H groups in total. The molecule has 0 radical (unpaired) electrons. The number of benzene rings is 3. The molecule has 6 nitrogen and oxygen atoms in total. The van der Waals surface area contributed by atoms with Crippen molar-refractivity contribution < 1.29 is 18.0 Å². The van der Waals surface area contributed by atoms with Crippen LogP contribution in [0.3, 0.4) is 0 Å². The molecule has 0 aliphatic carbocycles. The molecule has 1 aliphatic heterocycles. The van der Waals surface area contributed by atoms with E-state index in [1.165, 1.54) is 11.0 Å². The van der Waals surface area contributed by atoms with E-state index in [0.29, 0.717) is 11.3 Å². The van der Waals surface area contributed by atoms with Gasteiger partial charge in [-0.1, -0.05) is 48.5 Å². The summed E-state index contributed by atoms with van der Waals surface area (Å²) in [5.41, 5.74) is 3.43. The molecule has 1 aliphatic rings. The summed E-state index contributed by atoms with van der Waals surface area (Å²) in [5, 5.41) is 1.81. The summed E-state index contributed by atoms with van der Waals surface area (Å²) in [6.45, 7) is 3.59. The number of nitrogens with zero attached hydrogens (tertiary/aromatic N) is 1. The lowest BCUT2D eigenvalue weighted by Crippen LogP contribution is -2.38. The van der Waals surface area contributed by atoms with Crippen LogP contribution in [0.5, 0.6) is 0 Å². The number of carbonyl (C=O) groups excluding carboxylic acids is 2. The van der Waals surface area contributed by atoms with E-state index >= 15 is 0 Å². The molecule has 2 amide bonds. The maximum atomic E-state index is 13.5. The van der Waals surface area contributed by atoms with Crippen LogP contribution in [-0.4, -0.2) is 26.8 Å². The van der Waals surface area contributed by atoms with Crippen LogP contribution in [0.15, 0.2) is 77.7 Å². The molecular weight excluding hydrogens is 424 g/mol. The molecule has 164 valence electrons. The van der Waals surface area contributed by atoms with Crippen LogP contribution in [-0.2, 0) is 19.4 Å². The van der Waals surface area contributed by atoms with Crippen molar-refractivity contribution in [3.8, 4) is 0 Å². The van der Waals surface area contributed by atoms with Crippen molar-refractivity contribution in [1.82, 2.24) is 0 Å². The molecule has 0 bridgehead atoms. The monoisotopic (exact) mass is 448 g/mol. The van der Waals surface area contributed by atoms with Crippen molar-refractivity contribution in [1.29, 1.82) is 0 Å². The third-order valence-electron chi connectivity index (χ3n) is 5.48. The Balaban J connectivity index is 1.69. The van der Waals surface area contributed by atoms with Gasteiger partial charge < -0.3 is 10.2 Å². The molecule has 1 unspecified atom stereocenters. The van der Waals surface area contributed by atoms with E-state index in [9.17, 15) is 18.0 Å².